The standard InChI is InChI=1S/C22H29NO3/c1-25-20-8-4-17(5-9-20)3-2-14-26-21-10-6-18(7-11-21)19-12-13-22(23,15-19)16-24/h4-11,19,24H,2-3,12-16,23H2,1H3/t19-,22-/m1/s1. The van der Waals surface area contributed by atoms with Crippen LogP contribution in [0.2, 0.25) is 0 Å². The molecule has 0 amide bonds. The third-order valence-corrected chi connectivity index (χ3v) is 5.35. The number of hydrogen-bond acceptors (Lipinski definition) is 4. The molecule has 0 heterocycles. The van der Waals surface area contributed by atoms with Crippen molar-refractivity contribution < 1.29 is 14.6 Å². The molecule has 2 aromatic rings. The van der Waals surface area contributed by atoms with Gasteiger partial charge in [0.05, 0.1) is 20.3 Å². The van der Waals surface area contributed by atoms with Crippen LogP contribution in [-0.2, 0) is 6.42 Å². The zero-order chi connectivity index (χ0) is 18.4. The van der Waals surface area contributed by atoms with Gasteiger partial charge in [0.15, 0.2) is 0 Å². The Morgan fingerprint density at radius 2 is 1.77 bits per heavy atom. The first-order valence-corrected chi connectivity index (χ1v) is 9.37. The molecule has 0 saturated heterocycles. The minimum atomic E-state index is -0.401. The van der Waals surface area contributed by atoms with Crippen molar-refractivity contribution in [3.63, 3.8) is 0 Å². The summed E-state index contributed by atoms with van der Waals surface area (Å²) in [6.07, 6.45) is 4.75. The molecule has 0 radical (unpaired) electrons. The summed E-state index contributed by atoms with van der Waals surface area (Å²) in [6.45, 7) is 0.768. The molecule has 4 nitrogen and oxygen atoms in total. The van der Waals surface area contributed by atoms with E-state index in [9.17, 15) is 5.11 Å². The van der Waals surface area contributed by atoms with Crippen LogP contribution in [0.3, 0.4) is 0 Å². The minimum Gasteiger partial charge on any atom is -0.497 e. The summed E-state index contributed by atoms with van der Waals surface area (Å²) < 4.78 is 11.0. The van der Waals surface area contributed by atoms with Gasteiger partial charge in [-0.3, -0.25) is 0 Å². The van der Waals surface area contributed by atoms with Crippen LogP contribution in [0.4, 0.5) is 0 Å². The van der Waals surface area contributed by atoms with Gasteiger partial charge in [-0.15, -0.1) is 0 Å². The lowest BCUT2D eigenvalue weighted by atomic mass is 9.94. The molecule has 0 aromatic heterocycles. The Kier molecular flexibility index (Phi) is 6.17. The molecule has 1 aliphatic carbocycles. The Morgan fingerprint density at radius 1 is 1.08 bits per heavy atom. The molecule has 3 rings (SSSR count). The number of nitrogens with two attached hydrogens (primary N) is 1. The van der Waals surface area contributed by atoms with Crippen LogP contribution in [0.15, 0.2) is 48.5 Å². The van der Waals surface area contributed by atoms with E-state index in [1.807, 2.05) is 24.3 Å². The first-order chi connectivity index (χ1) is 12.6. The van der Waals surface area contributed by atoms with Crippen molar-refractivity contribution in [2.45, 2.75) is 43.6 Å². The molecule has 0 aliphatic heterocycles. The number of aliphatic hydroxyl groups excluding tert-OH is 1. The number of methoxy groups -OCH3 is 1. The highest BCUT2D eigenvalue weighted by molar-refractivity contribution is 5.31. The molecule has 4 heteroatoms. The first kappa shape index (κ1) is 18.7. The smallest absolute Gasteiger partial charge is 0.119 e. The molecular weight excluding hydrogens is 326 g/mol. The molecule has 0 spiro atoms. The number of aliphatic hydroxyl groups is 1. The van der Waals surface area contributed by atoms with Gasteiger partial charge in [-0.1, -0.05) is 24.3 Å². The van der Waals surface area contributed by atoms with Crippen molar-refractivity contribution >= 4 is 0 Å². The van der Waals surface area contributed by atoms with E-state index in [4.69, 9.17) is 15.2 Å². The fraction of sp³-hybridized carbons (Fsp3) is 0.455. The first-order valence-electron chi connectivity index (χ1n) is 9.37. The van der Waals surface area contributed by atoms with E-state index in [-0.39, 0.29) is 6.61 Å². The Hall–Kier alpha value is -2.04. The van der Waals surface area contributed by atoms with Gasteiger partial charge in [0.2, 0.25) is 0 Å². The lowest BCUT2D eigenvalue weighted by Crippen LogP contribution is -2.40. The number of aryl methyl sites for hydroxylation is 1. The van der Waals surface area contributed by atoms with E-state index in [2.05, 4.69) is 24.3 Å². The van der Waals surface area contributed by atoms with E-state index in [0.717, 1.165) is 43.6 Å². The fourth-order valence-corrected chi connectivity index (χ4v) is 3.68. The maximum absolute atomic E-state index is 9.41. The Bertz CT molecular complexity index is 684. The zero-order valence-electron chi connectivity index (χ0n) is 15.5. The van der Waals surface area contributed by atoms with Gasteiger partial charge in [0.25, 0.3) is 0 Å². The summed E-state index contributed by atoms with van der Waals surface area (Å²) in [5, 5.41) is 9.41. The molecule has 2 aromatic carbocycles. The summed E-state index contributed by atoms with van der Waals surface area (Å²) in [7, 11) is 1.68. The lowest BCUT2D eigenvalue weighted by molar-refractivity contribution is 0.198. The quantitative estimate of drug-likeness (QED) is 0.709. The highest BCUT2D eigenvalue weighted by Crippen LogP contribution is 2.39. The molecular formula is C22H29NO3. The summed E-state index contributed by atoms with van der Waals surface area (Å²) in [5.41, 5.74) is 8.36. The van der Waals surface area contributed by atoms with Crippen LogP contribution < -0.4 is 15.2 Å². The van der Waals surface area contributed by atoms with Gasteiger partial charge in [0.1, 0.15) is 11.5 Å². The van der Waals surface area contributed by atoms with Crippen molar-refractivity contribution in [2.24, 2.45) is 5.73 Å². The lowest BCUT2D eigenvalue weighted by Gasteiger charge is -2.21. The number of rotatable bonds is 8. The Morgan fingerprint density at radius 3 is 2.38 bits per heavy atom. The third kappa shape index (κ3) is 4.77. The van der Waals surface area contributed by atoms with Crippen molar-refractivity contribution in [3.05, 3.63) is 59.7 Å². The predicted octanol–water partition coefficient (Wildman–Crippen LogP) is 3.66. The van der Waals surface area contributed by atoms with E-state index in [1.54, 1.807) is 7.11 Å². The SMILES string of the molecule is COc1ccc(CCCOc2ccc([C@@H]3CC[C@](N)(CO)C3)cc2)cc1. The van der Waals surface area contributed by atoms with Crippen LogP contribution in [0.1, 0.15) is 42.7 Å². The normalized spacial score (nSPS) is 22.3. The maximum Gasteiger partial charge on any atom is 0.119 e. The van der Waals surface area contributed by atoms with Crippen molar-refractivity contribution in [1.82, 2.24) is 0 Å². The summed E-state index contributed by atoms with van der Waals surface area (Å²) >= 11 is 0. The third-order valence-electron chi connectivity index (χ3n) is 5.35. The summed E-state index contributed by atoms with van der Waals surface area (Å²) in [6, 6.07) is 16.5. The van der Waals surface area contributed by atoms with Crippen LogP contribution in [0.5, 0.6) is 11.5 Å². The van der Waals surface area contributed by atoms with Gasteiger partial charge >= 0.3 is 0 Å². The van der Waals surface area contributed by atoms with Crippen molar-refractivity contribution in [1.29, 1.82) is 0 Å². The number of hydrogen-bond donors (Lipinski definition) is 2. The van der Waals surface area contributed by atoms with E-state index in [0.29, 0.717) is 12.5 Å². The molecule has 26 heavy (non-hydrogen) atoms. The average molecular weight is 355 g/mol. The second-order valence-electron chi connectivity index (χ2n) is 7.33. The molecule has 140 valence electrons. The fourth-order valence-electron chi connectivity index (χ4n) is 3.68. The number of benzene rings is 2. The molecule has 1 aliphatic rings. The van der Waals surface area contributed by atoms with Crippen LogP contribution >= 0.6 is 0 Å². The highest BCUT2D eigenvalue weighted by Gasteiger charge is 2.35. The van der Waals surface area contributed by atoms with Crippen molar-refractivity contribution in [3.8, 4) is 11.5 Å². The molecule has 1 saturated carbocycles. The van der Waals surface area contributed by atoms with Gasteiger partial charge in [0, 0.05) is 5.54 Å². The summed E-state index contributed by atoms with van der Waals surface area (Å²) in [5.74, 6) is 2.23. The largest absolute Gasteiger partial charge is 0.497 e. The van der Waals surface area contributed by atoms with Crippen molar-refractivity contribution in [2.75, 3.05) is 20.3 Å². The predicted molar refractivity (Wildman–Crippen MR) is 104 cm³/mol. The Balaban J connectivity index is 1.43. The second-order valence-corrected chi connectivity index (χ2v) is 7.33. The monoisotopic (exact) mass is 355 g/mol. The summed E-state index contributed by atoms with van der Waals surface area (Å²) in [4.78, 5) is 0. The number of ether oxygens (including phenoxy) is 2. The maximum atomic E-state index is 9.41. The van der Waals surface area contributed by atoms with Crippen LogP contribution in [0, 0.1) is 0 Å². The van der Waals surface area contributed by atoms with Gasteiger partial charge in [-0.05, 0) is 73.4 Å². The zero-order valence-corrected chi connectivity index (χ0v) is 15.5. The van der Waals surface area contributed by atoms with Gasteiger partial charge < -0.3 is 20.3 Å². The topological polar surface area (TPSA) is 64.7 Å². The second kappa shape index (κ2) is 8.56. The highest BCUT2D eigenvalue weighted by atomic mass is 16.5. The van der Waals surface area contributed by atoms with Crippen LogP contribution in [-0.4, -0.2) is 31.0 Å². The van der Waals surface area contributed by atoms with Gasteiger partial charge in [-0.25, -0.2) is 0 Å². The van der Waals surface area contributed by atoms with Crippen LogP contribution in [0.25, 0.3) is 0 Å². The molecule has 0 unspecified atom stereocenters. The van der Waals surface area contributed by atoms with E-state index in [1.165, 1.54) is 11.1 Å². The van der Waals surface area contributed by atoms with Gasteiger partial charge in [-0.2, -0.15) is 0 Å². The molecule has 0 bridgehead atoms. The molecule has 3 N–H and O–H groups in total. The molecule has 1 fully saturated rings. The van der Waals surface area contributed by atoms with E-state index < -0.39 is 5.54 Å². The molecule has 2 atom stereocenters. The average Bonchev–Trinajstić information content (AvgIpc) is 3.09. The Labute approximate surface area is 155 Å². The minimum absolute atomic E-state index is 0.0683. The van der Waals surface area contributed by atoms with E-state index >= 15 is 0 Å².